The second kappa shape index (κ2) is 10.5. The molecule has 0 radical (unpaired) electrons. The van der Waals surface area contributed by atoms with E-state index in [1.54, 1.807) is 12.1 Å². The Bertz CT molecular complexity index is 1590. The molecule has 0 spiro atoms. The molecule has 5 rings (SSSR count). The van der Waals surface area contributed by atoms with E-state index in [0.29, 0.717) is 64.9 Å². The molecule has 1 aromatic carbocycles. The zero-order valence-corrected chi connectivity index (χ0v) is 22.1. The molecule has 0 amide bonds. The van der Waals surface area contributed by atoms with E-state index in [0.717, 1.165) is 11.3 Å². The molecule has 1 saturated heterocycles. The molecule has 202 valence electrons. The molecular weight excluding hydrogens is 528 g/mol. The number of benzene rings is 1. The van der Waals surface area contributed by atoms with Crippen LogP contribution in [0.15, 0.2) is 27.8 Å². The van der Waals surface area contributed by atoms with Crippen molar-refractivity contribution < 1.29 is 33.4 Å². The Morgan fingerprint density at radius 2 is 1.87 bits per heavy atom. The Morgan fingerprint density at radius 1 is 1.18 bits per heavy atom. The number of hydrogen-bond donors (Lipinski definition) is 2. The van der Waals surface area contributed by atoms with E-state index in [1.807, 2.05) is 5.01 Å². The van der Waals surface area contributed by atoms with Crippen molar-refractivity contribution in [2.75, 3.05) is 64.1 Å². The Morgan fingerprint density at radius 3 is 2.49 bits per heavy atom. The monoisotopic (exact) mass is 552 g/mol. The summed E-state index contributed by atoms with van der Waals surface area (Å²) in [6, 6.07) is 5.43. The van der Waals surface area contributed by atoms with E-state index in [-0.39, 0.29) is 27.8 Å². The van der Waals surface area contributed by atoms with Crippen molar-refractivity contribution in [2.45, 2.75) is 0 Å². The van der Waals surface area contributed by atoms with Crippen molar-refractivity contribution in [3.63, 3.8) is 0 Å². The number of rotatable bonds is 7. The van der Waals surface area contributed by atoms with E-state index in [9.17, 15) is 10.4 Å². The van der Waals surface area contributed by atoms with Gasteiger partial charge < -0.3 is 35.5 Å². The lowest BCUT2D eigenvalue weighted by Gasteiger charge is -2.18. The number of ether oxygens (including phenoxy) is 4. The van der Waals surface area contributed by atoms with Gasteiger partial charge in [0.15, 0.2) is 11.5 Å². The molecule has 4 aromatic rings. The summed E-state index contributed by atoms with van der Waals surface area (Å²) in [5.41, 5.74) is 13.7. The van der Waals surface area contributed by atoms with Gasteiger partial charge in [-0.15, -0.1) is 16.3 Å². The van der Waals surface area contributed by atoms with Gasteiger partial charge >= 0.3 is 5.88 Å². The highest BCUT2D eigenvalue weighted by Crippen LogP contribution is 2.47. The molecule has 1 aliphatic rings. The van der Waals surface area contributed by atoms with E-state index in [2.05, 4.69) is 21.3 Å². The first-order valence-corrected chi connectivity index (χ1v) is 12.4. The van der Waals surface area contributed by atoms with Crippen LogP contribution in [0.5, 0.6) is 17.2 Å². The van der Waals surface area contributed by atoms with Gasteiger partial charge in [0.2, 0.25) is 11.0 Å². The summed E-state index contributed by atoms with van der Waals surface area (Å²) >= 11 is 1.00. The number of nitrogens with two attached hydrogens (primary N) is 2. The Hall–Kier alpha value is -4.81. The maximum atomic E-state index is 13.2. The van der Waals surface area contributed by atoms with E-state index >= 15 is 0 Å². The zero-order valence-electron chi connectivity index (χ0n) is 21.3. The van der Waals surface area contributed by atoms with Gasteiger partial charge in [-0.1, -0.05) is 0 Å². The molecule has 4 N–H and O–H groups in total. The Labute approximate surface area is 226 Å². The number of fused-ring (bicyclic) bond motifs is 1. The summed E-state index contributed by atoms with van der Waals surface area (Å²) in [4.78, 5) is 10.3. The number of nitrogen functional groups attached to an aromatic ring is 2. The topological polar surface area (TPSA) is 194 Å². The Balaban J connectivity index is 1.64. The minimum Gasteiger partial charge on any atom is -0.857 e. The average Bonchev–Trinajstić information content (AvgIpc) is 3.55. The molecule has 4 heterocycles. The van der Waals surface area contributed by atoms with Crippen molar-refractivity contribution in [3.8, 4) is 34.4 Å². The van der Waals surface area contributed by atoms with Crippen LogP contribution in [0.4, 0.5) is 17.4 Å². The number of thiophene rings is 1. The van der Waals surface area contributed by atoms with Crippen LogP contribution in [0.1, 0.15) is 10.4 Å². The molecule has 0 unspecified atom stereocenters. The Kier molecular flexibility index (Phi) is 6.96. The number of pyridine rings is 1. The van der Waals surface area contributed by atoms with Crippen LogP contribution in [-0.4, -0.2) is 63.8 Å². The molecule has 14 nitrogen and oxygen atoms in total. The molecule has 39 heavy (non-hydrogen) atoms. The maximum Gasteiger partial charge on any atom is 0.324 e. The van der Waals surface area contributed by atoms with Crippen LogP contribution in [-0.2, 0) is 4.74 Å². The van der Waals surface area contributed by atoms with Gasteiger partial charge in [-0.2, -0.15) is 5.26 Å². The first-order valence-electron chi connectivity index (χ1n) is 11.6. The highest BCUT2D eigenvalue weighted by molar-refractivity contribution is 7.21. The van der Waals surface area contributed by atoms with Crippen molar-refractivity contribution in [3.05, 3.63) is 28.8 Å². The summed E-state index contributed by atoms with van der Waals surface area (Å²) in [6.45, 7) is 2.34. The number of nitriles is 1. The molecule has 0 aliphatic carbocycles. The second-order valence-corrected chi connectivity index (χ2v) is 9.24. The van der Waals surface area contributed by atoms with Crippen molar-refractivity contribution >= 4 is 44.8 Å². The number of morpholine rings is 1. The van der Waals surface area contributed by atoms with Crippen LogP contribution < -0.4 is 40.6 Å². The molecule has 1 aliphatic heterocycles. The van der Waals surface area contributed by atoms with Gasteiger partial charge in [-0.3, -0.25) is 4.52 Å². The first-order chi connectivity index (χ1) is 18.9. The summed E-state index contributed by atoms with van der Waals surface area (Å²) in [5, 5.41) is 29.4. The van der Waals surface area contributed by atoms with Gasteiger partial charge in [-0.05, 0) is 17.7 Å². The maximum absolute atomic E-state index is 13.2. The highest BCUT2D eigenvalue weighted by Gasteiger charge is 2.26. The standard InChI is InChI=1S/C24H24N8O6S/c1-34-14-8-12(9-15(35-2)20(14)36-3)17-13(10-25)22(27)29-24-18(17)19(26)21(39-24)23(33)28-16-11-32(30-38-16)31-4-6-37-7-5-31/h8-9,11H,4-7H2,1-3H3,(H4-,26,27,28,29,30,33). The summed E-state index contributed by atoms with van der Waals surface area (Å²) < 4.78 is 27.0. The highest BCUT2D eigenvalue weighted by atomic mass is 32.1. The zero-order chi connectivity index (χ0) is 27.7. The lowest BCUT2D eigenvalue weighted by Crippen LogP contribution is -2.62. The minimum absolute atomic E-state index is 0.00149. The third-order valence-corrected chi connectivity index (χ3v) is 7.18. The quantitative estimate of drug-likeness (QED) is 0.185. The number of methoxy groups -OCH3 is 3. The molecule has 15 heteroatoms. The molecular formula is C24H24N8O6S. The fourth-order valence-corrected chi connectivity index (χ4v) is 5.27. The van der Waals surface area contributed by atoms with E-state index in [1.165, 1.54) is 32.3 Å². The first kappa shape index (κ1) is 25.8. The fraction of sp³-hybridized carbons (Fsp3) is 0.292. The molecule has 3 aromatic heterocycles. The summed E-state index contributed by atoms with van der Waals surface area (Å²) in [6.07, 6.45) is 1.50. The van der Waals surface area contributed by atoms with Crippen molar-refractivity contribution in [1.82, 2.24) is 10.3 Å². The summed E-state index contributed by atoms with van der Waals surface area (Å²) in [7, 11) is 4.44. The van der Waals surface area contributed by atoms with Crippen LogP contribution in [0.2, 0.25) is 0 Å². The largest absolute Gasteiger partial charge is 0.857 e. The SMILES string of the molecule is COc1cc(-c2c(C#N)c(N)nc3sc(/C([O-])=N/c4c[n+](N5CCOCC5)no4)c(N)c23)cc(OC)c1OC. The fourth-order valence-electron chi connectivity index (χ4n) is 4.28. The van der Waals surface area contributed by atoms with E-state index in [4.69, 9.17) is 34.9 Å². The number of hydrogen-bond acceptors (Lipinski definition) is 14. The third kappa shape index (κ3) is 4.56. The number of anilines is 2. The predicted molar refractivity (Wildman–Crippen MR) is 140 cm³/mol. The number of nitrogens with zero attached hydrogens (tertiary/aromatic N) is 6. The number of aliphatic imine (C=N–C) groups is 1. The van der Waals surface area contributed by atoms with Crippen LogP contribution in [0, 0.1) is 11.3 Å². The van der Waals surface area contributed by atoms with Crippen LogP contribution >= 0.6 is 11.3 Å². The average molecular weight is 553 g/mol. The number of aromatic nitrogens is 3. The molecule has 0 bridgehead atoms. The normalized spacial score (nSPS) is 13.9. The van der Waals surface area contributed by atoms with E-state index < -0.39 is 5.90 Å². The molecule has 0 saturated carbocycles. The molecule has 1 fully saturated rings. The predicted octanol–water partition coefficient (Wildman–Crippen LogP) is 0.707. The van der Waals surface area contributed by atoms with Crippen molar-refractivity contribution in [2.24, 2.45) is 4.99 Å². The molecule has 0 atom stereocenters. The minimum atomic E-state index is -0.659. The lowest BCUT2D eigenvalue weighted by molar-refractivity contribution is -0.759. The van der Waals surface area contributed by atoms with Gasteiger partial charge in [0.1, 0.15) is 22.3 Å². The van der Waals surface area contributed by atoms with Crippen LogP contribution in [0.3, 0.4) is 0 Å². The van der Waals surface area contributed by atoms with Gasteiger partial charge in [0.25, 0.3) is 6.20 Å². The van der Waals surface area contributed by atoms with Crippen molar-refractivity contribution in [1.29, 1.82) is 5.26 Å². The summed E-state index contributed by atoms with van der Waals surface area (Å²) in [5.74, 6) is 0.409. The third-order valence-electron chi connectivity index (χ3n) is 6.10. The van der Waals surface area contributed by atoms with Gasteiger partial charge in [-0.25, -0.2) is 9.98 Å². The lowest BCUT2D eigenvalue weighted by atomic mass is 9.96. The smallest absolute Gasteiger partial charge is 0.324 e. The van der Waals surface area contributed by atoms with Gasteiger partial charge in [0.05, 0.1) is 63.0 Å². The van der Waals surface area contributed by atoms with Gasteiger partial charge in [0, 0.05) is 16.8 Å². The van der Waals surface area contributed by atoms with Crippen LogP contribution in [0.25, 0.3) is 21.3 Å². The second-order valence-electron chi connectivity index (χ2n) is 8.24.